The van der Waals surface area contributed by atoms with Gasteiger partial charge in [-0.25, -0.2) is 4.39 Å². The van der Waals surface area contributed by atoms with Crippen LogP contribution in [0.15, 0.2) is 36.2 Å². The molecule has 0 aliphatic carbocycles. The van der Waals surface area contributed by atoms with Gasteiger partial charge in [0.05, 0.1) is 29.5 Å². The fourth-order valence-electron chi connectivity index (χ4n) is 3.91. The van der Waals surface area contributed by atoms with Gasteiger partial charge < -0.3 is 14.8 Å². The van der Waals surface area contributed by atoms with E-state index in [4.69, 9.17) is 9.47 Å². The van der Waals surface area contributed by atoms with Gasteiger partial charge in [0.25, 0.3) is 0 Å². The number of pyridine rings is 1. The summed E-state index contributed by atoms with van der Waals surface area (Å²) in [5, 5.41) is 11.7. The SMILES string of the molecule is Fc1ccc2c3c1CNc1c(cc(-c4cncs4)c4nncn14)OCC3CO2. The van der Waals surface area contributed by atoms with E-state index >= 15 is 0 Å². The topological polar surface area (TPSA) is 73.6 Å². The molecule has 0 radical (unpaired) electrons. The van der Waals surface area contributed by atoms with E-state index in [1.165, 1.54) is 17.4 Å². The summed E-state index contributed by atoms with van der Waals surface area (Å²) in [6.45, 7) is 1.20. The van der Waals surface area contributed by atoms with Crippen molar-refractivity contribution in [2.45, 2.75) is 12.5 Å². The molecule has 6 rings (SSSR count). The highest BCUT2D eigenvalue weighted by molar-refractivity contribution is 7.13. The van der Waals surface area contributed by atoms with Crippen LogP contribution in [0.2, 0.25) is 0 Å². The van der Waals surface area contributed by atoms with Crippen LogP contribution in [-0.2, 0) is 6.54 Å². The first kappa shape index (κ1) is 15.8. The van der Waals surface area contributed by atoms with Crippen molar-refractivity contribution in [3.05, 3.63) is 53.2 Å². The molecular formula is C19H14FN5O2S. The number of aromatic nitrogens is 4. The second-order valence-electron chi connectivity index (χ2n) is 6.77. The molecule has 0 fully saturated rings. The molecule has 1 N–H and O–H groups in total. The van der Waals surface area contributed by atoms with E-state index in [0.29, 0.717) is 42.5 Å². The second kappa shape index (κ2) is 5.90. The van der Waals surface area contributed by atoms with Gasteiger partial charge in [0.15, 0.2) is 17.2 Å². The molecule has 4 aromatic rings. The molecule has 3 aromatic heterocycles. The maximum Gasteiger partial charge on any atom is 0.171 e. The van der Waals surface area contributed by atoms with E-state index in [-0.39, 0.29) is 11.7 Å². The Labute approximate surface area is 162 Å². The fraction of sp³-hybridized carbons (Fsp3) is 0.211. The zero-order valence-electron chi connectivity index (χ0n) is 14.6. The summed E-state index contributed by atoms with van der Waals surface area (Å²) < 4.78 is 28.4. The standard InChI is InChI=1S/C19H14FN5O2S/c20-13-1-2-14-17-10(6-26-14)7-27-15-3-11(16-5-21-9-28-16)18-24-23-8-25(18)19(15)22-4-12(13)17/h1-3,5,8-10,22H,4,6-7H2. The molecule has 0 bridgehead atoms. The molecule has 7 nitrogen and oxygen atoms in total. The minimum atomic E-state index is -0.244. The number of ether oxygens (including phenoxy) is 2. The normalized spacial score (nSPS) is 17.5. The summed E-state index contributed by atoms with van der Waals surface area (Å²) in [4.78, 5) is 5.14. The summed E-state index contributed by atoms with van der Waals surface area (Å²) in [5.74, 6) is 1.84. The number of thiazole rings is 1. The highest BCUT2D eigenvalue weighted by Crippen LogP contribution is 2.42. The number of nitrogens with zero attached hydrogens (tertiary/aromatic N) is 4. The average Bonchev–Trinajstić information content (AvgIpc) is 3.45. The van der Waals surface area contributed by atoms with E-state index in [0.717, 1.165) is 21.8 Å². The first-order valence-electron chi connectivity index (χ1n) is 8.86. The van der Waals surface area contributed by atoms with Crippen molar-refractivity contribution in [1.29, 1.82) is 0 Å². The molecule has 9 heteroatoms. The van der Waals surface area contributed by atoms with Gasteiger partial charge in [0.2, 0.25) is 0 Å². The van der Waals surface area contributed by atoms with Crippen LogP contribution in [0.5, 0.6) is 11.5 Å². The van der Waals surface area contributed by atoms with Gasteiger partial charge in [0.1, 0.15) is 17.9 Å². The minimum absolute atomic E-state index is 0.0167. The Kier molecular flexibility index (Phi) is 3.33. The number of hydrogen-bond donors (Lipinski definition) is 1. The van der Waals surface area contributed by atoms with Crippen molar-refractivity contribution in [3.8, 4) is 21.9 Å². The fourth-order valence-corrected chi connectivity index (χ4v) is 4.55. The monoisotopic (exact) mass is 395 g/mol. The first-order chi connectivity index (χ1) is 13.8. The molecule has 2 aliphatic rings. The number of nitrogens with one attached hydrogen (secondary N) is 1. The van der Waals surface area contributed by atoms with Gasteiger partial charge in [-0.1, -0.05) is 0 Å². The van der Waals surface area contributed by atoms with Crippen LogP contribution in [0.3, 0.4) is 0 Å². The predicted octanol–water partition coefficient (Wildman–Crippen LogP) is 3.47. The number of benzene rings is 1. The van der Waals surface area contributed by atoms with Crippen molar-refractivity contribution in [2.75, 3.05) is 18.5 Å². The lowest BCUT2D eigenvalue weighted by Crippen LogP contribution is -2.13. The van der Waals surface area contributed by atoms with E-state index in [2.05, 4.69) is 20.5 Å². The Morgan fingerprint density at radius 2 is 2.11 bits per heavy atom. The number of fused-ring (bicyclic) bond motifs is 3. The predicted molar refractivity (Wildman–Crippen MR) is 102 cm³/mol. The van der Waals surface area contributed by atoms with E-state index in [1.807, 2.05) is 10.5 Å². The van der Waals surface area contributed by atoms with Gasteiger partial charge in [0, 0.05) is 29.4 Å². The molecular weight excluding hydrogens is 381 g/mol. The Hall–Kier alpha value is -3.20. The first-order valence-corrected chi connectivity index (χ1v) is 9.74. The molecule has 0 amide bonds. The molecule has 0 saturated heterocycles. The lowest BCUT2D eigenvalue weighted by atomic mass is 9.96. The molecule has 28 heavy (non-hydrogen) atoms. The smallest absolute Gasteiger partial charge is 0.171 e. The third kappa shape index (κ3) is 2.22. The van der Waals surface area contributed by atoms with E-state index in [1.54, 1.807) is 24.1 Å². The van der Waals surface area contributed by atoms with Crippen LogP contribution < -0.4 is 14.8 Å². The molecule has 1 unspecified atom stereocenters. The van der Waals surface area contributed by atoms with Gasteiger partial charge in [-0.15, -0.1) is 21.5 Å². The van der Waals surface area contributed by atoms with E-state index < -0.39 is 0 Å². The zero-order valence-corrected chi connectivity index (χ0v) is 15.4. The van der Waals surface area contributed by atoms with Crippen LogP contribution in [0.4, 0.5) is 10.2 Å². The molecule has 2 aliphatic heterocycles. The molecule has 140 valence electrons. The highest BCUT2D eigenvalue weighted by Gasteiger charge is 2.31. The Morgan fingerprint density at radius 1 is 1.21 bits per heavy atom. The van der Waals surface area contributed by atoms with E-state index in [9.17, 15) is 4.39 Å². The van der Waals surface area contributed by atoms with Gasteiger partial charge in [-0.05, 0) is 18.2 Å². The van der Waals surface area contributed by atoms with Crippen LogP contribution in [-0.4, -0.2) is 32.8 Å². The van der Waals surface area contributed by atoms with Gasteiger partial charge >= 0.3 is 0 Å². The summed E-state index contributed by atoms with van der Waals surface area (Å²) in [6.07, 6.45) is 3.43. The summed E-state index contributed by atoms with van der Waals surface area (Å²) in [7, 11) is 0. The lowest BCUT2D eigenvalue weighted by Gasteiger charge is -2.16. The Morgan fingerprint density at radius 3 is 2.96 bits per heavy atom. The summed E-state index contributed by atoms with van der Waals surface area (Å²) >= 11 is 1.53. The largest absolute Gasteiger partial charge is 0.493 e. The quantitative estimate of drug-likeness (QED) is 0.532. The number of rotatable bonds is 1. The Balaban J connectivity index is 1.53. The molecule has 0 spiro atoms. The highest BCUT2D eigenvalue weighted by atomic mass is 32.1. The third-order valence-corrected chi connectivity index (χ3v) is 6.02. The molecule has 1 atom stereocenters. The average molecular weight is 395 g/mol. The summed E-state index contributed by atoms with van der Waals surface area (Å²) in [5.41, 5.74) is 4.87. The molecule has 1 aromatic carbocycles. The maximum absolute atomic E-state index is 14.6. The van der Waals surface area contributed by atoms with Crippen molar-refractivity contribution in [2.24, 2.45) is 0 Å². The third-order valence-electron chi connectivity index (χ3n) is 5.22. The van der Waals surface area contributed by atoms with Crippen molar-refractivity contribution < 1.29 is 13.9 Å². The van der Waals surface area contributed by atoms with Crippen LogP contribution in [0, 0.1) is 5.82 Å². The Bertz CT molecular complexity index is 1210. The molecule has 5 heterocycles. The van der Waals surface area contributed by atoms with Crippen LogP contribution in [0.25, 0.3) is 16.1 Å². The number of anilines is 1. The number of halogens is 1. The van der Waals surface area contributed by atoms with Crippen molar-refractivity contribution in [1.82, 2.24) is 19.6 Å². The van der Waals surface area contributed by atoms with Gasteiger partial charge in [-0.3, -0.25) is 9.38 Å². The maximum atomic E-state index is 14.6. The lowest BCUT2D eigenvalue weighted by molar-refractivity contribution is 0.249. The van der Waals surface area contributed by atoms with Gasteiger partial charge in [-0.2, -0.15) is 0 Å². The summed E-state index contributed by atoms with van der Waals surface area (Å²) in [6, 6.07) is 5.10. The van der Waals surface area contributed by atoms with Crippen LogP contribution in [0.1, 0.15) is 17.0 Å². The zero-order chi connectivity index (χ0) is 18.7. The second-order valence-corrected chi connectivity index (χ2v) is 7.66. The van der Waals surface area contributed by atoms with Crippen molar-refractivity contribution in [3.63, 3.8) is 0 Å². The van der Waals surface area contributed by atoms with Crippen LogP contribution >= 0.6 is 11.3 Å². The number of hydrogen-bond acceptors (Lipinski definition) is 7. The molecule has 0 saturated carbocycles. The minimum Gasteiger partial charge on any atom is -0.493 e. The van der Waals surface area contributed by atoms with Crippen molar-refractivity contribution >= 4 is 22.8 Å².